The van der Waals surface area contributed by atoms with Gasteiger partial charge in [0.05, 0.1) is 19.4 Å². The maximum absolute atomic E-state index is 11.6. The second kappa shape index (κ2) is 7.83. The van der Waals surface area contributed by atoms with Crippen molar-refractivity contribution in [1.29, 1.82) is 0 Å². The van der Waals surface area contributed by atoms with E-state index < -0.39 is 6.10 Å². The minimum Gasteiger partial charge on any atom is -0.467 e. The highest BCUT2D eigenvalue weighted by atomic mass is 35.5. The first kappa shape index (κ1) is 15.6. The Morgan fingerprint density at radius 3 is 2.86 bits per heavy atom. The molecule has 2 aromatic rings. The highest BCUT2D eigenvalue weighted by Crippen LogP contribution is 2.15. The molecular formula is C15H16ClNO4. The van der Waals surface area contributed by atoms with Crippen LogP contribution in [0.25, 0.3) is 0 Å². The zero-order valence-corrected chi connectivity index (χ0v) is 12.0. The van der Waals surface area contributed by atoms with E-state index in [1.807, 2.05) is 18.2 Å². The Labute approximate surface area is 127 Å². The van der Waals surface area contributed by atoms with E-state index in [4.69, 9.17) is 20.8 Å². The Kier molecular flexibility index (Phi) is 5.80. The maximum Gasteiger partial charge on any atom is 0.246 e. The molecule has 21 heavy (non-hydrogen) atoms. The van der Waals surface area contributed by atoms with Gasteiger partial charge in [-0.15, -0.1) is 0 Å². The van der Waals surface area contributed by atoms with Crippen molar-refractivity contribution in [3.8, 4) is 0 Å². The monoisotopic (exact) mass is 309 g/mol. The van der Waals surface area contributed by atoms with E-state index in [1.54, 1.807) is 18.2 Å². The van der Waals surface area contributed by atoms with Gasteiger partial charge in [0, 0.05) is 5.02 Å². The second-order valence-corrected chi connectivity index (χ2v) is 4.83. The number of ether oxygens (including phenoxy) is 1. The molecule has 1 atom stereocenters. The summed E-state index contributed by atoms with van der Waals surface area (Å²) >= 11 is 5.98. The van der Waals surface area contributed by atoms with Gasteiger partial charge in [0.2, 0.25) is 5.91 Å². The van der Waals surface area contributed by atoms with Crippen molar-refractivity contribution in [1.82, 2.24) is 5.32 Å². The lowest BCUT2D eigenvalue weighted by Crippen LogP contribution is -2.31. The standard InChI is InChI=1S/C15H16ClNO4/c16-12-5-2-1-4-11(12)9-20-10-15(19)17-8-13(18)14-6-3-7-21-14/h1-7,13,18H,8-10H2,(H,17,19). The Morgan fingerprint density at radius 1 is 1.33 bits per heavy atom. The molecule has 0 aliphatic carbocycles. The zero-order chi connectivity index (χ0) is 15.1. The molecule has 0 fully saturated rings. The smallest absolute Gasteiger partial charge is 0.246 e. The van der Waals surface area contributed by atoms with Crippen LogP contribution in [-0.4, -0.2) is 24.2 Å². The van der Waals surface area contributed by atoms with Crippen LogP contribution in [0.3, 0.4) is 0 Å². The molecule has 112 valence electrons. The van der Waals surface area contributed by atoms with Gasteiger partial charge in [-0.05, 0) is 23.8 Å². The summed E-state index contributed by atoms with van der Waals surface area (Å²) in [6.45, 7) is 0.228. The zero-order valence-electron chi connectivity index (χ0n) is 11.3. The van der Waals surface area contributed by atoms with E-state index in [9.17, 15) is 9.90 Å². The Bertz CT molecular complexity index is 571. The predicted molar refractivity (Wildman–Crippen MR) is 77.8 cm³/mol. The van der Waals surface area contributed by atoms with Gasteiger partial charge in [-0.2, -0.15) is 0 Å². The number of rotatable bonds is 7. The fourth-order valence-electron chi connectivity index (χ4n) is 1.71. The molecule has 0 bridgehead atoms. The van der Waals surface area contributed by atoms with Gasteiger partial charge in [-0.25, -0.2) is 0 Å². The van der Waals surface area contributed by atoms with Gasteiger partial charge in [0.15, 0.2) is 0 Å². The number of hydrogen-bond donors (Lipinski definition) is 2. The Morgan fingerprint density at radius 2 is 2.14 bits per heavy atom. The summed E-state index contributed by atoms with van der Waals surface area (Å²) < 4.78 is 10.3. The summed E-state index contributed by atoms with van der Waals surface area (Å²) in [4.78, 5) is 11.6. The third-order valence-electron chi connectivity index (χ3n) is 2.81. The molecule has 0 saturated carbocycles. The SMILES string of the molecule is O=C(COCc1ccccc1Cl)NCC(O)c1ccco1. The third-order valence-corrected chi connectivity index (χ3v) is 3.18. The second-order valence-electron chi connectivity index (χ2n) is 4.42. The molecule has 1 unspecified atom stereocenters. The number of hydrogen-bond acceptors (Lipinski definition) is 4. The van der Waals surface area contributed by atoms with E-state index in [1.165, 1.54) is 6.26 Å². The Hall–Kier alpha value is -1.82. The van der Waals surface area contributed by atoms with Gasteiger partial charge in [-0.3, -0.25) is 4.79 Å². The summed E-state index contributed by atoms with van der Waals surface area (Å²) in [6.07, 6.45) is 0.597. The van der Waals surface area contributed by atoms with Gasteiger partial charge < -0.3 is 19.6 Å². The summed E-state index contributed by atoms with van der Waals surface area (Å²) in [6, 6.07) is 10.6. The average molecular weight is 310 g/mol. The quantitative estimate of drug-likeness (QED) is 0.823. The van der Waals surface area contributed by atoms with E-state index in [0.717, 1.165) is 5.56 Å². The minimum atomic E-state index is -0.868. The highest BCUT2D eigenvalue weighted by Gasteiger charge is 2.11. The van der Waals surface area contributed by atoms with Crippen molar-refractivity contribution >= 4 is 17.5 Å². The van der Waals surface area contributed by atoms with Crippen molar-refractivity contribution in [2.24, 2.45) is 0 Å². The van der Waals surface area contributed by atoms with Crippen molar-refractivity contribution in [3.63, 3.8) is 0 Å². The lowest BCUT2D eigenvalue weighted by atomic mass is 10.2. The molecule has 2 N–H and O–H groups in total. The fourth-order valence-corrected chi connectivity index (χ4v) is 1.90. The van der Waals surface area contributed by atoms with Crippen LogP contribution < -0.4 is 5.32 Å². The number of carbonyl (C=O) groups excluding carboxylic acids is 1. The molecule has 1 amide bonds. The lowest BCUT2D eigenvalue weighted by Gasteiger charge is -2.10. The van der Waals surface area contributed by atoms with Gasteiger partial charge >= 0.3 is 0 Å². The molecular weight excluding hydrogens is 294 g/mol. The molecule has 6 heteroatoms. The summed E-state index contributed by atoms with van der Waals surface area (Å²) in [5.41, 5.74) is 0.822. The molecule has 0 aliphatic heterocycles. The number of carbonyl (C=O) groups is 1. The number of aliphatic hydroxyl groups is 1. The molecule has 5 nitrogen and oxygen atoms in total. The van der Waals surface area contributed by atoms with E-state index in [-0.39, 0.29) is 25.7 Å². The number of benzene rings is 1. The summed E-state index contributed by atoms with van der Waals surface area (Å²) in [7, 11) is 0. The summed E-state index contributed by atoms with van der Waals surface area (Å²) in [5.74, 6) is 0.0972. The van der Waals surface area contributed by atoms with Crippen molar-refractivity contribution in [2.45, 2.75) is 12.7 Å². The third kappa shape index (κ3) is 4.90. The predicted octanol–water partition coefficient (Wildman–Crippen LogP) is 2.30. The van der Waals surface area contributed by atoms with Gasteiger partial charge in [0.1, 0.15) is 18.5 Å². The molecule has 1 aromatic heterocycles. The van der Waals surface area contributed by atoms with Crippen LogP contribution in [0.5, 0.6) is 0 Å². The molecule has 2 rings (SSSR count). The van der Waals surface area contributed by atoms with E-state index in [0.29, 0.717) is 10.8 Å². The number of aliphatic hydroxyl groups excluding tert-OH is 1. The van der Waals surface area contributed by atoms with Crippen LogP contribution in [0, 0.1) is 0 Å². The van der Waals surface area contributed by atoms with Crippen LogP contribution in [0.2, 0.25) is 5.02 Å². The maximum atomic E-state index is 11.6. The molecule has 0 saturated heterocycles. The first-order valence-corrected chi connectivity index (χ1v) is 6.84. The fraction of sp³-hybridized carbons (Fsp3) is 0.267. The number of halogens is 1. The number of nitrogens with one attached hydrogen (secondary N) is 1. The largest absolute Gasteiger partial charge is 0.467 e. The Balaban J connectivity index is 1.67. The van der Waals surface area contributed by atoms with E-state index in [2.05, 4.69) is 5.32 Å². The molecule has 1 aromatic carbocycles. The lowest BCUT2D eigenvalue weighted by molar-refractivity contribution is -0.126. The average Bonchev–Trinajstić information content (AvgIpc) is 3.01. The van der Waals surface area contributed by atoms with Crippen LogP contribution >= 0.6 is 11.6 Å². The van der Waals surface area contributed by atoms with Crippen LogP contribution in [0.4, 0.5) is 0 Å². The first-order chi connectivity index (χ1) is 10.2. The van der Waals surface area contributed by atoms with E-state index >= 15 is 0 Å². The van der Waals surface area contributed by atoms with Crippen molar-refractivity contribution < 1.29 is 19.1 Å². The topological polar surface area (TPSA) is 71.7 Å². The van der Waals surface area contributed by atoms with Crippen LogP contribution in [-0.2, 0) is 16.1 Å². The molecule has 0 aliphatic rings. The molecule has 1 heterocycles. The first-order valence-electron chi connectivity index (χ1n) is 6.46. The van der Waals surface area contributed by atoms with Gasteiger partial charge in [0.25, 0.3) is 0 Å². The number of furan rings is 1. The van der Waals surface area contributed by atoms with Crippen LogP contribution in [0.15, 0.2) is 47.1 Å². The normalized spacial score (nSPS) is 12.1. The minimum absolute atomic E-state index is 0.0712. The molecule has 0 radical (unpaired) electrons. The van der Waals surface area contributed by atoms with Crippen molar-refractivity contribution in [2.75, 3.05) is 13.2 Å². The molecule has 0 spiro atoms. The van der Waals surface area contributed by atoms with Crippen LogP contribution in [0.1, 0.15) is 17.4 Å². The summed E-state index contributed by atoms with van der Waals surface area (Å²) in [5, 5.41) is 12.9. The van der Waals surface area contributed by atoms with Gasteiger partial charge in [-0.1, -0.05) is 29.8 Å². The van der Waals surface area contributed by atoms with Crippen molar-refractivity contribution in [3.05, 3.63) is 59.0 Å². The number of amides is 1. The highest BCUT2D eigenvalue weighted by molar-refractivity contribution is 6.31.